The number of piperazine rings is 1. The molecule has 0 unspecified atom stereocenters. The highest BCUT2D eigenvalue weighted by Crippen LogP contribution is 2.27. The Hall–Kier alpha value is -2.40. The van der Waals surface area contributed by atoms with Crippen molar-refractivity contribution in [1.82, 2.24) is 19.5 Å². The molecule has 0 N–H and O–H groups in total. The van der Waals surface area contributed by atoms with Gasteiger partial charge in [0.25, 0.3) is 0 Å². The summed E-state index contributed by atoms with van der Waals surface area (Å²) >= 11 is 0. The molecule has 3 heterocycles. The maximum absolute atomic E-state index is 4.75. The van der Waals surface area contributed by atoms with E-state index in [1.807, 2.05) is 16.9 Å². The summed E-state index contributed by atoms with van der Waals surface area (Å²) in [5.74, 6) is 1.04. The average Bonchev–Trinajstić information content (AvgIpc) is 3.00. The number of hydrogen-bond donors (Lipinski definition) is 0. The molecule has 5 nitrogen and oxygen atoms in total. The second kappa shape index (κ2) is 5.66. The molecule has 4 rings (SSSR count). The fourth-order valence-corrected chi connectivity index (χ4v) is 3.16. The molecule has 1 aliphatic rings. The van der Waals surface area contributed by atoms with Crippen LogP contribution in [-0.4, -0.2) is 52.7 Å². The van der Waals surface area contributed by atoms with E-state index in [9.17, 15) is 0 Å². The molecule has 0 radical (unpaired) electrons. The van der Waals surface area contributed by atoms with Gasteiger partial charge in [0.2, 0.25) is 0 Å². The number of benzene rings is 1. The van der Waals surface area contributed by atoms with Gasteiger partial charge in [0.15, 0.2) is 5.82 Å². The molecule has 2 aromatic heterocycles. The van der Waals surface area contributed by atoms with Crippen LogP contribution >= 0.6 is 0 Å². The number of aryl methyl sites for hydroxylation is 1. The average molecular weight is 307 g/mol. The molecule has 3 aromatic rings. The zero-order chi connectivity index (χ0) is 15.8. The largest absolute Gasteiger partial charge is 0.352 e. The van der Waals surface area contributed by atoms with E-state index in [4.69, 9.17) is 5.10 Å². The summed E-state index contributed by atoms with van der Waals surface area (Å²) in [6, 6.07) is 10.5. The van der Waals surface area contributed by atoms with Crippen molar-refractivity contribution >= 4 is 11.3 Å². The Bertz CT molecular complexity index is 830. The predicted molar refractivity (Wildman–Crippen MR) is 92.9 cm³/mol. The first-order valence-electron chi connectivity index (χ1n) is 8.06. The molecule has 5 heteroatoms. The molecule has 0 saturated carbocycles. The lowest BCUT2D eigenvalue weighted by molar-refractivity contribution is 0.312. The molecule has 23 heavy (non-hydrogen) atoms. The zero-order valence-electron chi connectivity index (χ0n) is 13.6. The number of nitrogens with zero attached hydrogens (tertiary/aromatic N) is 5. The van der Waals surface area contributed by atoms with E-state index in [0.717, 1.165) is 43.2 Å². The number of aromatic nitrogens is 3. The number of likely N-dealkylation sites (N-methyl/N-ethyl adjacent to an activating group) is 1. The van der Waals surface area contributed by atoms with Crippen LogP contribution in [0.4, 0.5) is 5.82 Å². The molecule has 1 fully saturated rings. The lowest BCUT2D eigenvalue weighted by Gasteiger charge is -2.33. The lowest BCUT2D eigenvalue weighted by atomic mass is 10.1. The van der Waals surface area contributed by atoms with Gasteiger partial charge in [0.1, 0.15) is 5.52 Å². The molecule has 118 valence electrons. The van der Waals surface area contributed by atoms with Gasteiger partial charge in [-0.2, -0.15) is 5.10 Å². The van der Waals surface area contributed by atoms with Gasteiger partial charge in [-0.1, -0.05) is 24.3 Å². The van der Waals surface area contributed by atoms with Crippen LogP contribution in [0.25, 0.3) is 16.8 Å². The SMILES string of the molecule is Cc1ccccc1-c1cc2c(N3CCN(C)CC3)nccn2n1. The second-order valence-corrected chi connectivity index (χ2v) is 6.22. The minimum atomic E-state index is 1.01. The third kappa shape index (κ3) is 2.57. The van der Waals surface area contributed by atoms with Gasteiger partial charge in [0.05, 0.1) is 5.69 Å². The van der Waals surface area contributed by atoms with Crippen molar-refractivity contribution < 1.29 is 0 Å². The smallest absolute Gasteiger partial charge is 0.154 e. The Morgan fingerprint density at radius 1 is 1.04 bits per heavy atom. The minimum Gasteiger partial charge on any atom is -0.352 e. The number of rotatable bonds is 2. The quantitative estimate of drug-likeness (QED) is 0.729. The van der Waals surface area contributed by atoms with Crippen LogP contribution in [0.3, 0.4) is 0 Å². The van der Waals surface area contributed by atoms with E-state index in [2.05, 4.69) is 59.1 Å². The van der Waals surface area contributed by atoms with Crippen molar-refractivity contribution in [3.05, 3.63) is 48.3 Å². The number of anilines is 1. The number of hydrogen-bond acceptors (Lipinski definition) is 4. The summed E-state index contributed by atoms with van der Waals surface area (Å²) in [4.78, 5) is 9.34. The molecule has 0 atom stereocenters. The first kappa shape index (κ1) is 14.2. The van der Waals surface area contributed by atoms with Gasteiger partial charge in [-0.15, -0.1) is 0 Å². The highest BCUT2D eigenvalue weighted by atomic mass is 15.3. The van der Waals surface area contributed by atoms with E-state index in [-0.39, 0.29) is 0 Å². The third-order valence-corrected chi connectivity index (χ3v) is 4.59. The molecule has 1 aromatic carbocycles. The number of fused-ring (bicyclic) bond motifs is 1. The summed E-state index contributed by atoms with van der Waals surface area (Å²) < 4.78 is 1.95. The Morgan fingerprint density at radius 2 is 1.83 bits per heavy atom. The van der Waals surface area contributed by atoms with Crippen molar-refractivity contribution in [1.29, 1.82) is 0 Å². The second-order valence-electron chi connectivity index (χ2n) is 6.22. The molecule has 0 amide bonds. The lowest BCUT2D eigenvalue weighted by Crippen LogP contribution is -2.45. The summed E-state index contributed by atoms with van der Waals surface area (Å²) in [5.41, 5.74) is 4.51. The molecule has 1 aliphatic heterocycles. The first-order chi connectivity index (χ1) is 11.2. The first-order valence-corrected chi connectivity index (χ1v) is 8.06. The van der Waals surface area contributed by atoms with Crippen LogP contribution in [0.2, 0.25) is 0 Å². The maximum Gasteiger partial charge on any atom is 0.154 e. The fraction of sp³-hybridized carbons (Fsp3) is 0.333. The van der Waals surface area contributed by atoms with Crippen molar-refractivity contribution in [2.45, 2.75) is 6.92 Å². The van der Waals surface area contributed by atoms with Crippen LogP contribution in [0.15, 0.2) is 42.7 Å². The monoisotopic (exact) mass is 307 g/mol. The normalized spacial score (nSPS) is 16.2. The molecule has 1 saturated heterocycles. The van der Waals surface area contributed by atoms with Crippen LogP contribution in [0.1, 0.15) is 5.56 Å². The predicted octanol–water partition coefficient (Wildman–Crippen LogP) is 2.46. The Morgan fingerprint density at radius 3 is 2.61 bits per heavy atom. The molecule has 0 bridgehead atoms. The Kier molecular flexibility index (Phi) is 3.50. The minimum absolute atomic E-state index is 1.01. The molecule has 0 aliphatic carbocycles. The highest BCUT2D eigenvalue weighted by molar-refractivity contribution is 5.76. The van der Waals surface area contributed by atoms with E-state index >= 15 is 0 Å². The third-order valence-electron chi connectivity index (χ3n) is 4.59. The zero-order valence-corrected chi connectivity index (χ0v) is 13.6. The summed E-state index contributed by atoms with van der Waals surface area (Å²) in [5, 5.41) is 4.75. The van der Waals surface area contributed by atoms with Crippen LogP contribution in [-0.2, 0) is 0 Å². The van der Waals surface area contributed by atoms with Gasteiger partial charge in [-0.05, 0) is 25.6 Å². The van der Waals surface area contributed by atoms with Gasteiger partial charge in [0, 0.05) is 44.1 Å². The summed E-state index contributed by atoms with van der Waals surface area (Å²) in [6.07, 6.45) is 3.77. The van der Waals surface area contributed by atoms with E-state index in [0.29, 0.717) is 0 Å². The van der Waals surface area contributed by atoms with Crippen molar-refractivity contribution in [3.8, 4) is 11.3 Å². The van der Waals surface area contributed by atoms with Crippen LogP contribution in [0.5, 0.6) is 0 Å². The Labute approximate surface area is 136 Å². The maximum atomic E-state index is 4.75. The topological polar surface area (TPSA) is 36.7 Å². The summed E-state index contributed by atoms with van der Waals surface area (Å²) in [6.45, 7) is 6.28. The molecular weight excluding hydrogens is 286 g/mol. The van der Waals surface area contributed by atoms with E-state index in [1.165, 1.54) is 11.1 Å². The highest BCUT2D eigenvalue weighted by Gasteiger charge is 2.19. The molecule has 0 spiro atoms. The summed E-state index contributed by atoms with van der Waals surface area (Å²) in [7, 11) is 2.17. The van der Waals surface area contributed by atoms with Crippen molar-refractivity contribution in [3.63, 3.8) is 0 Å². The van der Waals surface area contributed by atoms with E-state index < -0.39 is 0 Å². The van der Waals surface area contributed by atoms with Crippen LogP contribution < -0.4 is 4.90 Å². The fourth-order valence-electron chi connectivity index (χ4n) is 3.16. The van der Waals surface area contributed by atoms with E-state index in [1.54, 1.807) is 0 Å². The van der Waals surface area contributed by atoms with Crippen molar-refractivity contribution in [2.24, 2.45) is 0 Å². The Balaban J connectivity index is 1.77. The standard InChI is InChI=1S/C18H21N5/c1-14-5-3-4-6-15(14)16-13-17-18(19-7-8-23(17)20-16)22-11-9-21(2)10-12-22/h3-8,13H,9-12H2,1-2H3. The van der Waals surface area contributed by atoms with Gasteiger partial charge in [-0.25, -0.2) is 9.50 Å². The molecular formula is C18H21N5. The van der Waals surface area contributed by atoms with Gasteiger partial charge in [-0.3, -0.25) is 0 Å². The van der Waals surface area contributed by atoms with Crippen LogP contribution in [0, 0.1) is 6.92 Å². The van der Waals surface area contributed by atoms with Gasteiger partial charge >= 0.3 is 0 Å². The van der Waals surface area contributed by atoms with Gasteiger partial charge < -0.3 is 9.80 Å². The van der Waals surface area contributed by atoms with Crippen molar-refractivity contribution in [2.75, 3.05) is 38.1 Å².